The number of nitrogens with zero attached hydrogens (tertiary/aromatic N) is 2. The Morgan fingerprint density at radius 1 is 0.838 bits per heavy atom. The zero-order valence-corrected chi connectivity index (χ0v) is 21.2. The number of carbonyl (C=O) groups is 3. The maximum atomic E-state index is 13.1. The van der Waals surface area contributed by atoms with E-state index in [1.165, 1.54) is 18.1 Å². The lowest BCUT2D eigenvalue weighted by Crippen LogP contribution is -2.24. The van der Waals surface area contributed by atoms with Crippen LogP contribution in [0, 0.1) is 0 Å². The number of hydrogen-bond acceptors (Lipinski definition) is 7. The summed E-state index contributed by atoms with van der Waals surface area (Å²) >= 11 is 2.94. The lowest BCUT2D eigenvalue weighted by molar-refractivity contribution is -0.115. The molecule has 1 atom stereocenters. The summed E-state index contributed by atoms with van der Waals surface area (Å²) in [6.07, 6.45) is 1.52. The van der Waals surface area contributed by atoms with Gasteiger partial charge in [-0.2, -0.15) is 0 Å². The molecule has 1 aliphatic carbocycles. The number of nitrogens with one attached hydrogen (secondary N) is 1. The average Bonchev–Trinajstić information content (AvgIpc) is 3.38. The number of thioether (sulfide) groups is 1. The molecule has 5 aromatic rings. The van der Waals surface area contributed by atoms with Crippen LogP contribution in [-0.2, 0) is 4.79 Å². The minimum atomic E-state index is -0.465. The highest BCUT2D eigenvalue weighted by Gasteiger charge is 2.29. The number of aromatic nitrogens is 2. The molecule has 0 saturated carbocycles. The number of hydrogen-bond donors (Lipinski definition) is 1. The third kappa shape index (κ3) is 4.24. The van der Waals surface area contributed by atoms with Crippen LogP contribution in [0.2, 0.25) is 0 Å². The van der Waals surface area contributed by atoms with Gasteiger partial charge in [0.25, 0.3) is 0 Å². The predicted octanol–water partition coefficient (Wildman–Crippen LogP) is 6.25. The number of fused-ring (bicyclic) bond motifs is 3. The van der Waals surface area contributed by atoms with Crippen molar-refractivity contribution in [2.24, 2.45) is 0 Å². The molecule has 37 heavy (non-hydrogen) atoms. The second-order valence-corrected chi connectivity index (χ2v) is 10.9. The summed E-state index contributed by atoms with van der Waals surface area (Å²) in [6.45, 7) is 1.81. The van der Waals surface area contributed by atoms with Gasteiger partial charge in [-0.15, -0.1) is 11.3 Å². The molecule has 0 fully saturated rings. The van der Waals surface area contributed by atoms with E-state index in [4.69, 9.17) is 0 Å². The van der Waals surface area contributed by atoms with Gasteiger partial charge in [0, 0.05) is 38.2 Å². The first kappa shape index (κ1) is 23.3. The molecule has 2 aromatic heterocycles. The number of carbonyl (C=O) groups excluding carboxylic acids is 3. The molecule has 0 unspecified atom stereocenters. The molecule has 8 heteroatoms. The maximum Gasteiger partial charge on any atom is 0.237 e. The predicted molar refractivity (Wildman–Crippen MR) is 147 cm³/mol. The summed E-state index contributed by atoms with van der Waals surface area (Å²) in [5.74, 6) is -0.644. The SMILES string of the molecule is C[C@H](Sc1ncnc2sc(-c3ccccc3)cc12)C(=O)Nc1ccc2c(c1)C(=O)c1ccccc1C2=O. The van der Waals surface area contributed by atoms with E-state index in [1.807, 2.05) is 25.1 Å². The van der Waals surface area contributed by atoms with E-state index in [0.717, 1.165) is 25.7 Å². The molecule has 180 valence electrons. The van der Waals surface area contributed by atoms with Gasteiger partial charge < -0.3 is 5.32 Å². The van der Waals surface area contributed by atoms with Crippen molar-refractivity contribution in [3.8, 4) is 10.4 Å². The zero-order valence-electron chi connectivity index (χ0n) is 19.6. The molecule has 1 N–H and O–H groups in total. The van der Waals surface area contributed by atoms with Crippen LogP contribution >= 0.6 is 23.1 Å². The molecule has 6 nitrogen and oxygen atoms in total. The Hall–Kier alpha value is -4.14. The average molecular weight is 522 g/mol. The summed E-state index contributed by atoms with van der Waals surface area (Å²) in [5, 5.41) is 4.06. The first-order chi connectivity index (χ1) is 18.0. The molecule has 2 heterocycles. The summed E-state index contributed by atoms with van der Waals surface area (Å²) < 4.78 is 0. The number of anilines is 1. The fourth-order valence-corrected chi connectivity index (χ4v) is 6.27. The second-order valence-electron chi connectivity index (χ2n) is 8.59. The molecule has 0 saturated heterocycles. The van der Waals surface area contributed by atoms with Crippen LogP contribution in [0.4, 0.5) is 5.69 Å². The fourth-order valence-electron chi connectivity index (χ4n) is 4.31. The Bertz CT molecular complexity index is 1710. The number of rotatable bonds is 5. The molecule has 6 rings (SSSR count). The summed E-state index contributed by atoms with van der Waals surface area (Å²) in [4.78, 5) is 49.7. The van der Waals surface area contributed by atoms with E-state index in [9.17, 15) is 14.4 Å². The number of benzene rings is 3. The number of ketones is 2. The Balaban J connectivity index is 1.22. The van der Waals surface area contributed by atoms with Gasteiger partial charge in [0.1, 0.15) is 16.2 Å². The minimum absolute atomic E-state index is 0.189. The van der Waals surface area contributed by atoms with Gasteiger partial charge >= 0.3 is 0 Å². The van der Waals surface area contributed by atoms with E-state index in [2.05, 4.69) is 33.5 Å². The van der Waals surface area contributed by atoms with Gasteiger partial charge in [-0.05, 0) is 36.8 Å². The Labute approximate surface area is 220 Å². The highest BCUT2D eigenvalue weighted by Crippen LogP contribution is 2.37. The number of amides is 1. The van der Waals surface area contributed by atoms with Crippen molar-refractivity contribution < 1.29 is 14.4 Å². The van der Waals surface area contributed by atoms with Crippen LogP contribution in [0.3, 0.4) is 0 Å². The summed E-state index contributed by atoms with van der Waals surface area (Å²) in [7, 11) is 0. The van der Waals surface area contributed by atoms with Gasteiger partial charge in [-0.1, -0.05) is 66.4 Å². The fraction of sp³-hybridized carbons (Fsp3) is 0.0690. The van der Waals surface area contributed by atoms with E-state index in [1.54, 1.807) is 53.8 Å². The minimum Gasteiger partial charge on any atom is -0.325 e. The third-order valence-electron chi connectivity index (χ3n) is 6.20. The van der Waals surface area contributed by atoms with Crippen molar-refractivity contribution in [1.82, 2.24) is 9.97 Å². The lowest BCUT2D eigenvalue weighted by Gasteiger charge is -2.18. The lowest BCUT2D eigenvalue weighted by atomic mass is 9.84. The van der Waals surface area contributed by atoms with Gasteiger partial charge in [0.2, 0.25) is 5.91 Å². The van der Waals surface area contributed by atoms with Crippen LogP contribution in [0.5, 0.6) is 0 Å². The summed E-state index contributed by atoms with van der Waals surface area (Å²) in [5.41, 5.74) is 3.00. The quantitative estimate of drug-likeness (QED) is 0.213. The highest BCUT2D eigenvalue weighted by atomic mass is 32.2. The first-order valence-electron chi connectivity index (χ1n) is 11.6. The van der Waals surface area contributed by atoms with Gasteiger partial charge in [-0.3, -0.25) is 14.4 Å². The Morgan fingerprint density at radius 2 is 1.51 bits per heavy atom. The molecule has 0 bridgehead atoms. The van der Waals surface area contributed by atoms with Crippen molar-refractivity contribution in [3.63, 3.8) is 0 Å². The smallest absolute Gasteiger partial charge is 0.237 e. The van der Waals surface area contributed by atoms with Crippen LogP contribution in [-0.4, -0.2) is 32.7 Å². The normalized spacial score (nSPS) is 13.2. The van der Waals surface area contributed by atoms with E-state index >= 15 is 0 Å². The van der Waals surface area contributed by atoms with Crippen molar-refractivity contribution >= 4 is 56.5 Å². The van der Waals surface area contributed by atoms with Crippen molar-refractivity contribution in [3.05, 3.63) is 107 Å². The monoisotopic (exact) mass is 521 g/mol. The third-order valence-corrected chi connectivity index (χ3v) is 8.41. The second kappa shape index (κ2) is 9.38. The van der Waals surface area contributed by atoms with E-state index in [-0.39, 0.29) is 17.5 Å². The van der Waals surface area contributed by atoms with Crippen LogP contribution < -0.4 is 5.32 Å². The molecular formula is C29H19N3O3S2. The van der Waals surface area contributed by atoms with Gasteiger partial charge in [0.05, 0.1) is 5.25 Å². The number of thiophene rings is 1. The standard InChI is InChI=1S/C29H19N3O3S2/c1-16(36-28-23-14-24(17-7-3-2-4-8-17)37-29(23)31-15-30-28)27(35)32-18-11-12-21-22(13-18)26(34)20-10-6-5-9-19(20)25(21)33/h2-16H,1H3,(H,32,35)/t16-/m0/s1. The van der Waals surface area contributed by atoms with Crippen LogP contribution in [0.25, 0.3) is 20.7 Å². The summed E-state index contributed by atoms with van der Waals surface area (Å²) in [6, 6.07) is 23.8. The largest absolute Gasteiger partial charge is 0.325 e. The first-order valence-corrected chi connectivity index (χ1v) is 13.3. The van der Waals surface area contributed by atoms with Crippen molar-refractivity contribution in [2.45, 2.75) is 17.2 Å². The van der Waals surface area contributed by atoms with E-state index < -0.39 is 5.25 Å². The molecule has 0 spiro atoms. The Kier molecular flexibility index (Phi) is 5.90. The molecular weight excluding hydrogens is 502 g/mol. The van der Waals surface area contributed by atoms with Crippen molar-refractivity contribution in [1.29, 1.82) is 0 Å². The van der Waals surface area contributed by atoms with Gasteiger partial charge in [0.15, 0.2) is 11.6 Å². The molecule has 0 aliphatic heterocycles. The van der Waals surface area contributed by atoms with Gasteiger partial charge in [-0.25, -0.2) is 9.97 Å². The molecule has 0 radical (unpaired) electrons. The zero-order chi connectivity index (χ0) is 25.5. The molecule has 3 aromatic carbocycles. The highest BCUT2D eigenvalue weighted by molar-refractivity contribution is 8.00. The maximum absolute atomic E-state index is 13.1. The van der Waals surface area contributed by atoms with E-state index in [0.29, 0.717) is 27.9 Å². The van der Waals surface area contributed by atoms with Crippen LogP contribution in [0.1, 0.15) is 38.8 Å². The Morgan fingerprint density at radius 3 is 2.27 bits per heavy atom. The topological polar surface area (TPSA) is 89.0 Å². The van der Waals surface area contributed by atoms with Crippen molar-refractivity contribution in [2.75, 3.05) is 5.32 Å². The molecule has 1 amide bonds. The molecule has 1 aliphatic rings. The van der Waals surface area contributed by atoms with Crippen LogP contribution in [0.15, 0.2) is 90.2 Å².